The van der Waals surface area contributed by atoms with E-state index in [4.69, 9.17) is 4.74 Å². The molecule has 0 radical (unpaired) electrons. The number of para-hydroxylation sites is 1. The Bertz CT molecular complexity index is 737. The number of rotatable bonds is 5. The molecule has 1 heterocycles. The van der Waals surface area contributed by atoms with E-state index in [0.29, 0.717) is 24.1 Å². The molecule has 1 unspecified atom stereocenters. The van der Waals surface area contributed by atoms with Crippen molar-refractivity contribution in [3.63, 3.8) is 0 Å². The zero-order valence-electron chi connectivity index (χ0n) is 14.6. The number of benzene rings is 2. The van der Waals surface area contributed by atoms with Crippen LogP contribution in [0.2, 0.25) is 0 Å². The molecule has 26 heavy (non-hydrogen) atoms. The van der Waals surface area contributed by atoms with Crippen LogP contribution in [0.15, 0.2) is 48.5 Å². The highest BCUT2D eigenvalue weighted by Gasteiger charge is 2.42. The number of phenolic OH excluding ortho intramolecular Hbond substituents is 1. The summed E-state index contributed by atoms with van der Waals surface area (Å²) in [7, 11) is 0. The lowest BCUT2D eigenvalue weighted by Gasteiger charge is -2.22. The minimum absolute atomic E-state index is 0.0751. The highest BCUT2D eigenvalue weighted by Crippen LogP contribution is 2.40. The summed E-state index contributed by atoms with van der Waals surface area (Å²) in [6, 6.07) is 13.3. The molecule has 4 nitrogen and oxygen atoms in total. The van der Waals surface area contributed by atoms with Crippen LogP contribution in [-0.4, -0.2) is 40.9 Å². The molecule has 1 aliphatic heterocycles. The molecule has 4 atom stereocenters. The second-order valence-electron chi connectivity index (χ2n) is 7.49. The van der Waals surface area contributed by atoms with Crippen LogP contribution in [0.4, 0.5) is 4.39 Å². The van der Waals surface area contributed by atoms with Crippen LogP contribution in [0.5, 0.6) is 11.5 Å². The molecule has 0 aromatic heterocycles. The van der Waals surface area contributed by atoms with Gasteiger partial charge in [0.05, 0.1) is 12.2 Å². The van der Waals surface area contributed by atoms with Gasteiger partial charge in [-0.05, 0) is 54.5 Å². The first-order valence-corrected chi connectivity index (χ1v) is 9.19. The molecular weight excluding hydrogens is 333 g/mol. The zero-order chi connectivity index (χ0) is 18.1. The number of hydrogen-bond acceptors (Lipinski definition) is 4. The average molecular weight is 357 g/mol. The lowest BCUT2D eigenvalue weighted by atomic mass is 10.0. The number of nitrogens with zero attached hydrogens (tertiary/aromatic N) is 1. The molecule has 1 aliphatic carbocycles. The Hall–Kier alpha value is -2.11. The summed E-state index contributed by atoms with van der Waals surface area (Å²) in [5.41, 5.74) is 0.820. The van der Waals surface area contributed by atoms with Crippen LogP contribution in [0.1, 0.15) is 24.5 Å². The van der Waals surface area contributed by atoms with Crippen LogP contribution in [-0.2, 0) is 0 Å². The van der Waals surface area contributed by atoms with Gasteiger partial charge in [-0.3, -0.25) is 4.90 Å². The molecule has 138 valence electrons. The molecule has 5 heteroatoms. The predicted molar refractivity (Wildman–Crippen MR) is 96.5 cm³/mol. The van der Waals surface area contributed by atoms with Gasteiger partial charge in [0.15, 0.2) is 11.6 Å². The predicted octanol–water partition coefficient (Wildman–Crippen LogP) is 3.35. The number of ether oxygens (including phenoxy) is 1. The van der Waals surface area contributed by atoms with Crippen molar-refractivity contribution in [1.82, 2.24) is 4.90 Å². The normalized spacial score (nSPS) is 26.6. The van der Waals surface area contributed by atoms with Gasteiger partial charge in [-0.2, -0.15) is 0 Å². The van der Waals surface area contributed by atoms with Gasteiger partial charge < -0.3 is 14.9 Å². The standard InChI is InChI=1S/C21H24FNO3/c22-19-3-1-2-4-21(19)26-18-9-15-11-23(12-16(15)10-18)13-20(25)14-5-7-17(24)8-6-14/h1-8,15-16,18,20,24-25H,9-13H2/t15-,16+,18-,20?. The van der Waals surface area contributed by atoms with Gasteiger partial charge in [-0.15, -0.1) is 0 Å². The maximum absolute atomic E-state index is 13.7. The summed E-state index contributed by atoms with van der Waals surface area (Å²) in [6.45, 7) is 2.48. The number of phenols is 1. The summed E-state index contributed by atoms with van der Waals surface area (Å²) >= 11 is 0. The Kier molecular flexibility index (Phi) is 4.83. The monoisotopic (exact) mass is 357 g/mol. The summed E-state index contributed by atoms with van der Waals surface area (Å²) in [5.74, 6) is 1.33. The number of aliphatic hydroxyl groups is 1. The summed E-state index contributed by atoms with van der Waals surface area (Å²) < 4.78 is 19.6. The van der Waals surface area contributed by atoms with Gasteiger partial charge in [0.1, 0.15) is 5.75 Å². The van der Waals surface area contributed by atoms with Crippen molar-refractivity contribution in [2.75, 3.05) is 19.6 Å². The molecule has 0 amide bonds. The first kappa shape index (κ1) is 17.3. The molecule has 1 saturated heterocycles. The summed E-state index contributed by atoms with van der Waals surface area (Å²) in [6.07, 6.45) is 1.39. The van der Waals surface area contributed by atoms with E-state index in [2.05, 4.69) is 4.90 Å². The van der Waals surface area contributed by atoms with Crippen molar-refractivity contribution >= 4 is 0 Å². The Balaban J connectivity index is 1.29. The quantitative estimate of drug-likeness (QED) is 0.862. The second-order valence-corrected chi connectivity index (χ2v) is 7.49. The van der Waals surface area contributed by atoms with Crippen molar-refractivity contribution in [1.29, 1.82) is 0 Å². The fourth-order valence-electron chi connectivity index (χ4n) is 4.35. The fraction of sp³-hybridized carbons (Fsp3) is 0.429. The highest BCUT2D eigenvalue weighted by molar-refractivity contribution is 5.27. The highest BCUT2D eigenvalue weighted by atomic mass is 19.1. The second kappa shape index (κ2) is 7.25. The van der Waals surface area contributed by atoms with Gasteiger partial charge in [-0.1, -0.05) is 24.3 Å². The molecule has 2 fully saturated rings. The molecule has 2 aromatic carbocycles. The zero-order valence-corrected chi connectivity index (χ0v) is 14.6. The molecule has 1 saturated carbocycles. The molecule has 2 N–H and O–H groups in total. The van der Waals surface area contributed by atoms with Crippen LogP contribution < -0.4 is 4.74 Å². The van der Waals surface area contributed by atoms with E-state index < -0.39 is 6.10 Å². The van der Waals surface area contributed by atoms with Crippen molar-refractivity contribution in [2.24, 2.45) is 11.8 Å². The minimum Gasteiger partial charge on any atom is -0.508 e. The van der Waals surface area contributed by atoms with Crippen LogP contribution >= 0.6 is 0 Å². The number of halogens is 1. The SMILES string of the molecule is Oc1ccc(C(O)CN2C[C@H]3C[C@@H](Oc4ccccc4F)C[C@H]3C2)cc1. The first-order valence-electron chi connectivity index (χ1n) is 9.19. The van der Waals surface area contributed by atoms with E-state index in [-0.39, 0.29) is 17.7 Å². The molecular formula is C21H24FNO3. The number of fused-ring (bicyclic) bond motifs is 1. The van der Waals surface area contributed by atoms with Crippen molar-refractivity contribution in [3.05, 3.63) is 59.9 Å². The van der Waals surface area contributed by atoms with Gasteiger partial charge >= 0.3 is 0 Å². The van der Waals surface area contributed by atoms with Crippen molar-refractivity contribution in [2.45, 2.75) is 25.0 Å². The third-order valence-electron chi connectivity index (χ3n) is 5.62. The largest absolute Gasteiger partial charge is 0.508 e. The number of β-amino-alcohol motifs (C(OH)–C–C–N with tert-alkyl or cyclic N) is 1. The van der Waals surface area contributed by atoms with Gasteiger partial charge in [0, 0.05) is 19.6 Å². The van der Waals surface area contributed by atoms with E-state index in [1.54, 1.807) is 42.5 Å². The van der Waals surface area contributed by atoms with Gasteiger partial charge in [-0.25, -0.2) is 4.39 Å². The van der Waals surface area contributed by atoms with Gasteiger partial charge in [0.25, 0.3) is 0 Å². The fourth-order valence-corrected chi connectivity index (χ4v) is 4.35. The lowest BCUT2D eigenvalue weighted by molar-refractivity contribution is 0.115. The minimum atomic E-state index is -0.556. The average Bonchev–Trinajstić information content (AvgIpc) is 3.15. The van der Waals surface area contributed by atoms with Crippen LogP contribution in [0.3, 0.4) is 0 Å². The number of aromatic hydroxyl groups is 1. The molecule has 2 aliphatic rings. The van der Waals surface area contributed by atoms with Crippen molar-refractivity contribution < 1.29 is 19.3 Å². The molecule has 2 aromatic rings. The Morgan fingerprint density at radius 2 is 1.69 bits per heavy atom. The Morgan fingerprint density at radius 3 is 2.35 bits per heavy atom. The first-order chi connectivity index (χ1) is 12.6. The lowest BCUT2D eigenvalue weighted by Crippen LogP contribution is -2.29. The Labute approximate surface area is 152 Å². The third-order valence-corrected chi connectivity index (χ3v) is 5.62. The Morgan fingerprint density at radius 1 is 1.04 bits per heavy atom. The van der Waals surface area contributed by atoms with Gasteiger partial charge in [0.2, 0.25) is 0 Å². The van der Waals surface area contributed by atoms with E-state index in [0.717, 1.165) is 31.5 Å². The number of likely N-dealkylation sites (tertiary alicyclic amines) is 1. The number of aliphatic hydroxyl groups excluding tert-OH is 1. The molecule has 0 bridgehead atoms. The molecule has 4 rings (SSSR count). The smallest absolute Gasteiger partial charge is 0.165 e. The topological polar surface area (TPSA) is 52.9 Å². The van der Waals surface area contributed by atoms with E-state index in [1.807, 2.05) is 0 Å². The summed E-state index contributed by atoms with van der Waals surface area (Å²) in [5, 5.41) is 19.8. The van der Waals surface area contributed by atoms with Crippen LogP contribution in [0.25, 0.3) is 0 Å². The van der Waals surface area contributed by atoms with Crippen molar-refractivity contribution in [3.8, 4) is 11.5 Å². The van der Waals surface area contributed by atoms with E-state index in [1.165, 1.54) is 6.07 Å². The number of hydrogen-bond donors (Lipinski definition) is 2. The van der Waals surface area contributed by atoms with E-state index in [9.17, 15) is 14.6 Å². The molecule has 0 spiro atoms. The maximum Gasteiger partial charge on any atom is 0.165 e. The van der Waals surface area contributed by atoms with E-state index >= 15 is 0 Å². The maximum atomic E-state index is 13.7. The van der Waals surface area contributed by atoms with Crippen LogP contribution in [0, 0.1) is 17.7 Å². The summed E-state index contributed by atoms with van der Waals surface area (Å²) in [4.78, 5) is 2.30. The third kappa shape index (κ3) is 3.69.